The first-order chi connectivity index (χ1) is 19.7. The molecule has 1 aromatic carbocycles. The number of hydrazone groups is 1. The normalized spacial score (nSPS) is 20.5. The molecule has 3 aliphatic rings. The summed E-state index contributed by atoms with van der Waals surface area (Å²) in [5.41, 5.74) is 9.54. The van der Waals surface area contributed by atoms with Gasteiger partial charge in [-0.15, -0.1) is 0 Å². The van der Waals surface area contributed by atoms with Crippen LogP contribution in [-0.2, 0) is 9.53 Å². The third-order valence-corrected chi connectivity index (χ3v) is 8.79. The Bertz CT molecular complexity index is 1430. The zero-order valence-corrected chi connectivity index (χ0v) is 24.8. The number of rotatable bonds is 8. The minimum absolute atomic E-state index is 0.0244. The highest BCUT2D eigenvalue weighted by Crippen LogP contribution is 2.45. The Morgan fingerprint density at radius 2 is 1.93 bits per heavy atom. The number of piperidine rings is 1. The summed E-state index contributed by atoms with van der Waals surface area (Å²) in [7, 11) is 3.39. The van der Waals surface area contributed by atoms with Gasteiger partial charge in [0.1, 0.15) is 5.69 Å². The van der Waals surface area contributed by atoms with E-state index in [-0.39, 0.29) is 29.8 Å². The molecule has 2 amide bonds. The molecule has 1 aliphatic carbocycles. The lowest BCUT2D eigenvalue weighted by Crippen LogP contribution is -2.38. The van der Waals surface area contributed by atoms with Gasteiger partial charge in [-0.05, 0) is 56.0 Å². The average Bonchev–Trinajstić information content (AvgIpc) is 3.60. The first-order valence-corrected chi connectivity index (χ1v) is 14.4. The Labute approximate surface area is 246 Å². The smallest absolute Gasteiger partial charge is 0.253 e. The molecule has 3 heterocycles. The largest absolute Gasteiger partial charge is 0.383 e. The van der Waals surface area contributed by atoms with Crippen LogP contribution in [0.4, 0.5) is 0 Å². The molecule has 2 aliphatic heterocycles. The lowest BCUT2D eigenvalue weighted by Gasteiger charge is -2.32. The predicted molar refractivity (Wildman–Crippen MR) is 162 cm³/mol. The molecule has 1 N–H and O–H groups in total. The molecule has 1 fully saturated rings. The standard InChI is InChI=1S/C31H37ClN6O3/c1-6-26(39)37-13-11-23(12-14-37)38-20(3)27(28-24-18-33-34-25(24)17-19(2)29(28)32)30(35-38)21-7-9-22(10-8-21)31(40)36(4)15-16-41-5/h6-10,17-18,23-25,34H,1,11-16H2,2-5H3. The molecule has 0 spiro atoms. The van der Waals surface area contributed by atoms with Crippen LogP contribution in [0.1, 0.15) is 47.4 Å². The molecular weight excluding hydrogens is 540 g/mol. The second kappa shape index (κ2) is 12.0. The van der Waals surface area contributed by atoms with E-state index in [4.69, 9.17) is 21.4 Å². The summed E-state index contributed by atoms with van der Waals surface area (Å²) < 4.78 is 7.23. The number of aromatic nitrogens is 2. The highest BCUT2D eigenvalue weighted by atomic mass is 35.5. The molecule has 10 heteroatoms. The van der Waals surface area contributed by atoms with E-state index in [1.54, 1.807) is 19.1 Å². The molecule has 1 aromatic heterocycles. The lowest BCUT2D eigenvalue weighted by atomic mass is 9.81. The van der Waals surface area contributed by atoms with Crippen LogP contribution in [-0.4, -0.2) is 84.0 Å². The van der Waals surface area contributed by atoms with E-state index in [0.717, 1.165) is 46.5 Å². The van der Waals surface area contributed by atoms with Crippen LogP contribution < -0.4 is 5.43 Å². The van der Waals surface area contributed by atoms with Crippen molar-refractivity contribution in [3.63, 3.8) is 0 Å². The summed E-state index contributed by atoms with van der Waals surface area (Å²) in [6.45, 7) is 10.0. The van der Waals surface area contributed by atoms with Crippen LogP contribution in [0.25, 0.3) is 16.8 Å². The van der Waals surface area contributed by atoms with Gasteiger partial charge in [0.25, 0.3) is 5.91 Å². The van der Waals surface area contributed by atoms with Gasteiger partial charge in [0, 0.05) is 73.3 Å². The van der Waals surface area contributed by atoms with Gasteiger partial charge in [0.15, 0.2) is 0 Å². The average molecular weight is 577 g/mol. The van der Waals surface area contributed by atoms with Crippen molar-refractivity contribution in [2.75, 3.05) is 40.4 Å². The first kappa shape index (κ1) is 28.8. The number of methoxy groups -OCH3 is 1. The molecule has 2 aromatic rings. The molecule has 216 valence electrons. The number of benzene rings is 1. The number of nitrogens with one attached hydrogen (secondary N) is 1. The molecule has 1 saturated heterocycles. The fourth-order valence-corrected chi connectivity index (χ4v) is 6.22. The molecule has 2 atom stereocenters. The topological polar surface area (TPSA) is 92.1 Å². The number of carbonyl (C=O) groups excluding carboxylic acids is 2. The number of halogens is 1. The van der Waals surface area contributed by atoms with Gasteiger partial charge < -0.3 is 20.0 Å². The third kappa shape index (κ3) is 5.48. The van der Waals surface area contributed by atoms with Crippen molar-refractivity contribution in [2.24, 2.45) is 11.0 Å². The van der Waals surface area contributed by atoms with Crippen LogP contribution >= 0.6 is 11.6 Å². The second-order valence-electron chi connectivity index (χ2n) is 10.8. The fraction of sp³-hybridized carbons (Fsp3) is 0.419. The molecule has 0 saturated carbocycles. The number of carbonyl (C=O) groups is 2. The van der Waals surface area contributed by atoms with Gasteiger partial charge in [0.05, 0.1) is 18.7 Å². The number of likely N-dealkylation sites (N-methyl/N-ethyl adjacent to an activating group) is 1. The Morgan fingerprint density at radius 1 is 1.22 bits per heavy atom. The van der Waals surface area contributed by atoms with Crippen LogP contribution in [0.3, 0.4) is 0 Å². The van der Waals surface area contributed by atoms with E-state index in [0.29, 0.717) is 36.8 Å². The van der Waals surface area contributed by atoms with Gasteiger partial charge in [-0.25, -0.2) is 0 Å². The minimum Gasteiger partial charge on any atom is -0.383 e. The van der Waals surface area contributed by atoms with Crippen molar-refractivity contribution < 1.29 is 14.3 Å². The molecule has 0 radical (unpaired) electrons. The number of ether oxygens (including phenoxy) is 1. The number of fused-ring (bicyclic) bond motifs is 1. The molecule has 5 rings (SSSR count). The maximum absolute atomic E-state index is 12.9. The van der Waals surface area contributed by atoms with Gasteiger partial charge in [-0.2, -0.15) is 10.2 Å². The molecule has 0 bridgehead atoms. The summed E-state index contributed by atoms with van der Waals surface area (Å²) in [4.78, 5) is 28.6. The maximum Gasteiger partial charge on any atom is 0.253 e. The summed E-state index contributed by atoms with van der Waals surface area (Å²) in [5, 5.41) is 10.3. The molecule has 9 nitrogen and oxygen atoms in total. The Balaban J connectivity index is 1.56. The van der Waals surface area contributed by atoms with Crippen LogP contribution in [0.15, 0.2) is 58.7 Å². The van der Waals surface area contributed by atoms with Crippen molar-refractivity contribution in [3.05, 3.63) is 70.4 Å². The number of nitrogens with zero attached hydrogens (tertiary/aromatic N) is 5. The number of amides is 2. The summed E-state index contributed by atoms with van der Waals surface area (Å²) in [5.74, 6) is -0.125. The first-order valence-electron chi connectivity index (χ1n) is 14.0. The van der Waals surface area contributed by atoms with Gasteiger partial charge in [-0.3, -0.25) is 14.3 Å². The zero-order chi connectivity index (χ0) is 29.3. The van der Waals surface area contributed by atoms with Crippen molar-refractivity contribution in [2.45, 2.75) is 38.8 Å². The predicted octanol–water partition coefficient (Wildman–Crippen LogP) is 4.41. The van der Waals surface area contributed by atoms with Gasteiger partial charge >= 0.3 is 0 Å². The minimum atomic E-state index is -0.0637. The zero-order valence-electron chi connectivity index (χ0n) is 24.1. The van der Waals surface area contributed by atoms with E-state index in [1.165, 1.54) is 6.08 Å². The van der Waals surface area contributed by atoms with E-state index in [1.807, 2.05) is 42.3 Å². The highest BCUT2D eigenvalue weighted by Gasteiger charge is 2.37. The molecule has 2 unspecified atom stereocenters. The van der Waals surface area contributed by atoms with E-state index < -0.39 is 0 Å². The monoisotopic (exact) mass is 576 g/mol. The van der Waals surface area contributed by atoms with Crippen molar-refractivity contribution in [3.8, 4) is 11.3 Å². The van der Waals surface area contributed by atoms with E-state index >= 15 is 0 Å². The van der Waals surface area contributed by atoms with Gasteiger partial charge in [-0.1, -0.05) is 36.4 Å². The Kier molecular flexibility index (Phi) is 8.47. The maximum atomic E-state index is 12.9. The fourth-order valence-electron chi connectivity index (χ4n) is 5.93. The summed E-state index contributed by atoms with van der Waals surface area (Å²) in [6, 6.07) is 7.77. The van der Waals surface area contributed by atoms with Crippen LogP contribution in [0.2, 0.25) is 0 Å². The molecular formula is C31H37ClN6O3. The number of hydrogen-bond donors (Lipinski definition) is 1. The third-order valence-electron chi connectivity index (χ3n) is 8.29. The quantitative estimate of drug-likeness (QED) is 0.470. The van der Waals surface area contributed by atoms with Crippen molar-refractivity contribution in [1.29, 1.82) is 0 Å². The van der Waals surface area contributed by atoms with Crippen LogP contribution in [0, 0.1) is 12.8 Å². The number of hydrogen-bond acceptors (Lipinski definition) is 6. The summed E-state index contributed by atoms with van der Waals surface area (Å²) >= 11 is 7.04. The van der Waals surface area contributed by atoms with Crippen LogP contribution in [0.5, 0.6) is 0 Å². The summed E-state index contributed by atoms with van der Waals surface area (Å²) in [6.07, 6.45) is 7.01. The number of likely N-dealkylation sites (tertiary alicyclic amines) is 1. The highest BCUT2D eigenvalue weighted by molar-refractivity contribution is 6.36. The number of allylic oxidation sites excluding steroid dienone is 2. The van der Waals surface area contributed by atoms with E-state index in [2.05, 4.69) is 34.8 Å². The van der Waals surface area contributed by atoms with Crippen molar-refractivity contribution in [1.82, 2.24) is 25.0 Å². The Hall–Kier alpha value is -3.69. The van der Waals surface area contributed by atoms with E-state index in [9.17, 15) is 9.59 Å². The second-order valence-corrected chi connectivity index (χ2v) is 11.2. The van der Waals surface area contributed by atoms with Crippen molar-refractivity contribution >= 4 is 35.2 Å². The molecule has 41 heavy (non-hydrogen) atoms. The van der Waals surface area contributed by atoms with Gasteiger partial charge in [0.2, 0.25) is 5.91 Å². The SMILES string of the molecule is C=CC(=O)N1CCC(n2nc(-c3ccc(C(=O)N(C)CCOC)cc3)c(C3=C(Cl)C(C)=CC4NN=CC34)c2C)CC1. The lowest BCUT2D eigenvalue weighted by molar-refractivity contribution is -0.127. The Morgan fingerprint density at radius 3 is 2.59 bits per heavy atom.